The van der Waals surface area contributed by atoms with Crippen LogP contribution in [0.3, 0.4) is 0 Å². The summed E-state index contributed by atoms with van der Waals surface area (Å²) >= 11 is 0. The molecule has 4 rings (SSSR count). The second-order valence-corrected chi connectivity index (χ2v) is 6.98. The summed E-state index contributed by atoms with van der Waals surface area (Å²) in [6.45, 7) is 1.74. The monoisotopic (exact) mass is 430 g/mol. The number of nitrogens with two attached hydrogens (primary N) is 1. The third-order valence-electron chi connectivity index (χ3n) is 4.73. The van der Waals surface area contributed by atoms with Crippen LogP contribution in [0.5, 0.6) is 11.6 Å². The van der Waals surface area contributed by atoms with Crippen LogP contribution >= 0.6 is 0 Å². The Morgan fingerprint density at radius 3 is 2.78 bits per heavy atom. The van der Waals surface area contributed by atoms with Gasteiger partial charge >= 0.3 is 0 Å². The number of ether oxygens (including phenoxy) is 1. The molecule has 160 valence electrons. The molecule has 1 atom stereocenters. The first kappa shape index (κ1) is 21.1. The van der Waals surface area contributed by atoms with Gasteiger partial charge in [0.15, 0.2) is 5.75 Å². The fraction of sp³-hybridized carbons (Fsp3) is 0.130. The van der Waals surface area contributed by atoms with E-state index in [1.165, 1.54) is 23.0 Å². The molecule has 3 N–H and O–H groups in total. The Kier molecular flexibility index (Phi) is 5.89. The molecule has 0 aliphatic rings. The van der Waals surface area contributed by atoms with Crippen LogP contribution < -0.4 is 10.5 Å². The molecule has 0 aliphatic carbocycles. The second-order valence-electron chi connectivity index (χ2n) is 6.98. The van der Waals surface area contributed by atoms with Gasteiger partial charge < -0.3 is 15.6 Å². The van der Waals surface area contributed by atoms with E-state index in [-0.39, 0.29) is 12.4 Å². The van der Waals surface area contributed by atoms with E-state index in [9.17, 15) is 14.8 Å². The van der Waals surface area contributed by atoms with Gasteiger partial charge in [-0.2, -0.15) is 15.3 Å². The summed E-state index contributed by atoms with van der Waals surface area (Å²) in [5, 5.41) is 23.6. The van der Waals surface area contributed by atoms with Crippen molar-refractivity contribution in [2.45, 2.75) is 13.0 Å². The Bertz CT molecular complexity index is 1310. The number of hydrogen-bond acceptors (Lipinski definition) is 7. The number of halogens is 1. The van der Waals surface area contributed by atoms with Crippen molar-refractivity contribution in [3.63, 3.8) is 0 Å². The first-order chi connectivity index (χ1) is 15.5. The quantitative estimate of drug-likeness (QED) is 0.480. The van der Waals surface area contributed by atoms with Crippen LogP contribution in [-0.4, -0.2) is 31.4 Å². The zero-order valence-electron chi connectivity index (χ0n) is 17.1. The molecule has 0 fully saturated rings. The molecule has 2 aromatic heterocycles. The smallest absolute Gasteiger partial charge is 0.223 e. The van der Waals surface area contributed by atoms with Crippen molar-refractivity contribution in [1.29, 1.82) is 5.26 Å². The molecule has 0 aliphatic heterocycles. The summed E-state index contributed by atoms with van der Waals surface area (Å²) in [6, 6.07) is 14.7. The predicted octanol–water partition coefficient (Wildman–Crippen LogP) is 3.43. The minimum absolute atomic E-state index is 0.0570. The van der Waals surface area contributed by atoms with E-state index in [1.54, 1.807) is 49.5 Å². The standard InChI is InChI=1S/C23H19FN6O2/c1-14-28-19(17-4-2-3-5-18(17)24)9-23(29-14)32-22-8-15(10-25)6-7-20(22)30-13-16(12-27-30)21(31)11-26/h2-9,12-13,21,31H,11,26H2,1H3/t21-/m0/s1. The molecule has 0 bridgehead atoms. The summed E-state index contributed by atoms with van der Waals surface area (Å²) in [4.78, 5) is 8.61. The van der Waals surface area contributed by atoms with Crippen LogP contribution in [-0.2, 0) is 0 Å². The topological polar surface area (TPSA) is 123 Å². The number of rotatable bonds is 6. The first-order valence-corrected chi connectivity index (χ1v) is 9.74. The summed E-state index contributed by atoms with van der Waals surface area (Å²) in [6.07, 6.45) is 2.28. The van der Waals surface area contributed by atoms with Crippen LogP contribution in [0.25, 0.3) is 16.9 Å². The van der Waals surface area contributed by atoms with Crippen LogP contribution in [0.1, 0.15) is 23.1 Å². The minimum Gasteiger partial charge on any atom is -0.437 e. The normalized spacial score (nSPS) is 11.7. The molecule has 32 heavy (non-hydrogen) atoms. The Morgan fingerprint density at radius 2 is 2.03 bits per heavy atom. The van der Waals surface area contributed by atoms with Crippen molar-refractivity contribution in [1.82, 2.24) is 19.7 Å². The van der Waals surface area contributed by atoms with Crippen LogP contribution in [0, 0.1) is 24.1 Å². The van der Waals surface area contributed by atoms with Gasteiger partial charge in [0.1, 0.15) is 17.3 Å². The van der Waals surface area contributed by atoms with E-state index >= 15 is 0 Å². The van der Waals surface area contributed by atoms with E-state index in [0.29, 0.717) is 39.6 Å². The fourth-order valence-electron chi connectivity index (χ4n) is 3.14. The molecule has 0 unspecified atom stereocenters. The third kappa shape index (κ3) is 4.32. The highest BCUT2D eigenvalue weighted by atomic mass is 19.1. The van der Waals surface area contributed by atoms with Crippen LogP contribution in [0.4, 0.5) is 4.39 Å². The summed E-state index contributed by atoms with van der Waals surface area (Å²) in [5.41, 5.74) is 7.65. The van der Waals surface area contributed by atoms with Crippen molar-refractivity contribution >= 4 is 0 Å². The highest BCUT2D eigenvalue weighted by molar-refractivity contribution is 5.61. The molecule has 8 nitrogen and oxygen atoms in total. The highest BCUT2D eigenvalue weighted by Crippen LogP contribution is 2.31. The zero-order valence-corrected chi connectivity index (χ0v) is 17.1. The average molecular weight is 430 g/mol. The second kappa shape index (κ2) is 8.93. The maximum absolute atomic E-state index is 14.3. The van der Waals surface area contributed by atoms with Gasteiger partial charge in [0.2, 0.25) is 5.88 Å². The largest absolute Gasteiger partial charge is 0.437 e. The maximum atomic E-state index is 14.3. The molecule has 4 aromatic rings. The van der Waals surface area contributed by atoms with Gasteiger partial charge in [-0.1, -0.05) is 12.1 Å². The Morgan fingerprint density at radius 1 is 1.22 bits per heavy atom. The molecule has 0 spiro atoms. The van der Waals surface area contributed by atoms with Gasteiger partial charge in [0.05, 0.1) is 29.6 Å². The van der Waals surface area contributed by atoms with E-state index in [0.717, 1.165) is 0 Å². The van der Waals surface area contributed by atoms with Gasteiger partial charge in [0, 0.05) is 36.0 Å². The molecule has 0 amide bonds. The lowest BCUT2D eigenvalue weighted by molar-refractivity contribution is 0.186. The fourth-order valence-corrected chi connectivity index (χ4v) is 3.14. The van der Waals surface area contributed by atoms with Crippen molar-refractivity contribution < 1.29 is 14.2 Å². The van der Waals surface area contributed by atoms with E-state index < -0.39 is 11.9 Å². The number of hydrogen-bond donors (Lipinski definition) is 2. The van der Waals surface area contributed by atoms with E-state index in [4.69, 9.17) is 10.5 Å². The lowest BCUT2D eigenvalue weighted by Gasteiger charge is -2.13. The summed E-state index contributed by atoms with van der Waals surface area (Å²) in [5.74, 6) is 0.470. The molecule has 0 saturated carbocycles. The van der Waals surface area contributed by atoms with Gasteiger partial charge in [-0.05, 0) is 31.2 Å². The molecule has 0 radical (unpaired) electrons. The number of aryl methyl sites for hydroxylation is 1. The van der Waals surface area contributed by atoms with E-state index in [1.807, 2.05) is 0 Å². The molecule has 0 saturated heterocycles. The van der Waals surface area contributed by atoms with Gasteiger partial charge in [-0.25, -0.2) is 14.1 Å². The number of aliphatic hydroxyl groups is 1. The predicted molar refractivity (Wildman–Crippen MR) is 115 cm³/mol. The van der Waals surface area contributed by atoms with Gasteiger partial charge in [0.25, 0.3) is 0 Å². The lowest BCUT2D eigenvalue weighted by Crippen LogP contribution is -2.10. The van der Waals surface area contributed by atoms with Crippen molar-refractivity contribution in [2.75, 3.05) is 6.54 Å². The first-order valence-electron chi connectivity index (χ1n) is 9.74. The number of aliphatic hydroxyl groups excluding tert-OH is 1. The van der Waals surface area contributed by atoms with Crippen LogP contribution in [0.2, 0.25) is 0 Å². The van der Waals surface area contributed by atoms with Crippen LogP contribution in [0.15, 0.2) is 60.9 Å². The molecule has 9 heteroatoms. The minimum atomic E-state index is -0.848. The van der Waals surface area contributed by atoms with Crippen molar-refractivity contribution in [2.24, 2.45) is 5.73 Å². The Hall–Kier alpha value is -4.13. The average Bonchev–Trinajstić information content (AvgIpc) is 3.28. The molecular weight excluding hydrogens is 411 g/mol. The number of aromatic nitrogens is 4. The Labute approximate surface area is 183 Å². The van der Waals surface area contributed by atoms with Crippen molar-refractivity contribution in [3.8, 4) is 34.6 Å². The van der Waals surface area contributed by atoms with E-state index in [2.05, 4.69) is 21.1 Å². The van der Waals surface area contributed by atoms with Gasteiger partial charge in [-0.3, -0.25) is 0 Å². The Balaban J connectivity index is 1.75. The highest BCUT2D eigenvalue weighted by Gasteiger charge is 2.15. The van der Waals surface area contributed by atoms with Crippen molar-refractivity contribution in [3.05, 3.63) is 83.7 Å². The number of nitriles is 1. The molecular formula is C23H19FN6O2. The number of benzene rings is 2. The maximum Gasteiger partial charge on any atom is 0.223 e. The molecule has 2 heterocycles. The summed E-state index contributed by atoms with van der Waals surface area (Å²) < 4.78 is 21.8. The van der Waals surface area contributed by atoms with Gasteiger partial charge in [-0.15, -0.1) is 0 Å². The number of nitrogens with zero attached hydrogens (tertiary/aromatic N) is 5. The lowest BCUT2D eigenvalue weighted by atomic mass is 10.1. The molecule has 2 aromatic carbocycles. The zero-order chi connectivity index (χ0) is 22.7. The SMILES string of the molecule is Cc1nc(Oc2cc(C#N)ccc2-n2cc([C@@H](O)CN)cn2)cc(-c2ccccc2F)n1. The third-order valence-corrected chi connectivity index (χ3v) is 4.73. The summed E-state index contributed by atoms with van der Waals surface area (Å²) in [7, 11) is 0.